The number of benzene rings is 1. The topological polar surface area (TPSA) is 84.3 Å². The van der Waals surface area contributed by atoms with Crippen LogP contribution >= 0.6 is 0 Å². The van der Waals surface area contributed by atoms with E-state index < -0.39 is 5.69 Å². The molecule has 2 fully saturated rings. The van der Waals surface area contributed by atoms with Gasteiger partial charge in [-0.25, -0.2) is 9.78 Å². The molecule has 2 aromatic rings. The molecule has 0 radical (unpaired) electrons. The zero-order valence-electron chi connectivity index (χ0n) is 15.0. The minimum Gasteiger partial charge on any atom is -0.350 e. The molecule has 1 unspecified atom stereocenters. The van der Waals surface area contributed by atoms with Crippen molar-refractivity contribution in [1.29, 1.82) is 0 Å². The van der Waals surface area contributed by atoms with Crippen LogP contribution in [0.4, 0.5) is 0 Å². The lowest BCUT2D eigenvalue weighted by molar-refractivity contribution is -0.133. The molecule has 1 N–H and O–H groups in total. The van der Waals surface area contributed by atoms with Gasteiger partial charge in [-0.1, -0.05) is 30.3 Å². The van der Waals surface area contributed by atoms with Gasteiger partial charge >= 0.3 is 5.69 Å². The van der Waals surface area contributed by atoms with Crippen molar-refractivity contribution in [2.24, 2.45) is 0 Å². The molecule has 1 aromatic carbocycles. The highest BCUT2D eigenvalue weighted by Gasteiger charge is 2.46. The van der Waals surface area contributed by atoms with Crippen LogP contribution in [-0.2, 0) is 16.1 Å². The van der Waals surface area contributed by atoms with Crippen LogP contribution in [0.25, 0.3) is 0 Å². The number of hydrogen-bond donors (Lipinski definition) is 1. The number of hydrogen-bond acceptors (Lipinski definition) is 4. The van der Waals surface area contributed by atoms with Gasteiger partial charge in [-0.15, -0.1) is 0 Å². The highest BCUT2D eigenvalue weighted by Crippen LogP contribution is 2.39. The number of nitrogens with one attached hydrogen (secondary N) is 1. The second-order valence-corrected chi connectivity index (χ2v) is 7.35. The smallest absolute Gasteiger partial charge is 0.347 e. The van der Waals surface area contributed by atoms with Gasteiger partial charge in [0, 0.05) is 31.0 Å². The SMILES string of the molecule is O=C1NC2(CCN(C(=O)Cn3cccnc3=O)CC2)CC1c1ccccc1. The van der Waals surface area contributed by atoms with Crippen molar-refractivity contribution >= 4 is 11.8 Å². The van der Waals surface area contributed by atoms with Crippen molar-refractivity contribution in [1.82, 2.24) is 19.8 Å². The predicted octanol–water partition coefficient (Wildman–Crippen LogP) is 0.908. The molecule has 2 aliphatic rings. The van der Waals surface area contributed by atoms with Gasteiger partial charge in [0.2, 0.25) is 11.8 Å². The van der Waals surface area contributed by atoms with E-state index in [9.17, 15) is 14.4 Å². The molecule has 27 heavy (non-hydrogen) atoms. The van der Waals surface area contributed by atoms with E-state index in [4.69, 9.17) is 0 Å². The molecular formula is C20H22N4O3. The van der Waals surface area contributed by atoms with Gasteiger partial charge in [0.05, 0.1) is 5.92 Å². The van der Waals surface area contributed by atoms with E-state index >= 15 is 0 Å². The van der Waals surface area contributed by atoms with E-state index in [1.807, 2.05) is 30.3 Å². The van der Waals surface area contributed by atoms with Crippen LogP contribution in [0.2, 0.25) is 0 Å². The van der Waals surface area contributed by atoms with Gasteiger partial charge in [0.1, 0.15) is 6.54 Å². The Bertz CT molecular complexity index is 901. The molecule has 7 heteroatoms. The maximum Gasteiger partial charge on any atom is 0.347 e. The van der Waals surface area contributed by atoms with Gasteiger partial charge in [-0.05, 0) is 30.9 Å². The average molecular weight is 366 g/mol. The van der Waals surface area contributed by atoms with Crippen LogP contribution in [0.15, 0.2) is 53.6 Å². The molecule has 4 rings (SSSR count). The Kier molecular flexibility index (Phi) is 4.51. The Morgan fingerprint density at radius 3 is 2.59 bits per heavy atom. The lowest BCUT2D eigenvalue weighted by Gasteiger charge is -2.39. The summed E-state index contributed by atoms with van der Waals surface area (Å²) in [5, 5.41) is 3.19. The predicted molar refractivity (Wildman–Crippen MR) is 99.0 cm³/mol. The van der Waals surface area contributed by atoms with Crippen molar-refractivity contribution in [3.05, 3.63) is 64.8 Å². The summed E-state index contributed by atoms with van der Waals surface area (Å²) in [6.45, 7) is 1.16. The highest BCUT2D eigenvalue weighted by molar-refractivity contribution is 5.87. The summed E-state index contributed by atoms with van der Waals surface area (Å²) < 4.78 is 1.31. The van der Waals surface area contributed by atoms with Crippen LogP contribution in [0, 0.1) is 0 Å². The van der Waals surface area contributed by atoms with Gasteiger partial charge < -0.3 is 10.2 Å². The Labute approximate surface area is 157 Å². The third kappa shape index (κ3) is 3.49. The summed E-state index contributed by atoms with van der Waals surface area (Å²) in [6, 6.07) is 11.5. The zero-order chi connectivity index (χ0) is 18.9. The molecule has 1 atom stereocenters. The Morgan fingerprint density at radius 1 is 1.15 bits per heavy atom. The van der Waals surface area contributed by atoms with E-state index in [0.717, 1.165) is 24.8 Å². The summed E-state index contributed by atoms with van der Waals surface area (Å²) in [5.41, 5.74) is 0.383. The number of carbonyl (C=O) groups excluding carboxylic acids is 2. The van der Waals surface area contributed by atoms with Crippen molar-refractivity contribution in [3.63, 3.8) is 0 Å². The molecule has 0 bridgehead atoms. The quantitative estimate of drug-likeness (QED) is 0.875. The number of aromatic nitrogens is 2. The largest absolute Gasteiger partial charge is 0.350 e. The van der Waals surface area contributed by atoms with Crippen molar-refractivity contribution in [2.45, 2.75) is 37.3 Å². The lowest BCUT2D eigenvalue weighted by atomic mass is 9.82. The molecule has 0 saturated carbocycles. The monoisotopic (exact) mass is 366 g/mol. The number of piperidine rings is 1. The Morgan fingerprint density at radius 2 is 1.89 bits per heavy atom. The first-order valence-electron chi connectivity index (χ1n) is 9.23. The normalized spacial score (nSPS) is 21.3. The van der Waals surface area contributed by atoms with Crippen molar-refractivity contribution < 1.29 is 9.59 Å². The molecule has 3 heterocycles. The number of nitrogens with zero attached hydrogens (tertiary/aromatic N) is 3. The maximum absolute atomic E-state index is 12.5. The first-order chi connectivity index (χ1) is 13.1. The fourth-order valence-electron chi connectivity index (χ4n) is 4.10. The minimum absolute atomic E-state index is 0.00132. The summed E-state index contributed by atoms with van der Waals surface area (Å²) in [4.78, 5) is 42.2. The Balaban J connectivity index is 1.39. The summed E-state index contributed by atoms with van der Waals surface area (Å²) in [7, 11) is 0. The van der Waals surface area contributed by atoms with Crippen LogP contribution < -0.4 is 11.0 Å². The van der Waals surface area contributed by atoms with E-state index in [-0.39, 0.29) is 29.8 Å². The van der Waals surface area contributed by atoms with Gasteiger partial charge in [0.15, 0.2) is 0 Å². The molecule has 1 spiro atoms. The van der Waals surface area contributed by atoms with Gasteiger partial charge in [0.25, 0.3) is 0 Å². The first kappa shape index (κ1) is 17.5. The standard InChI is InChI=1S/C20H22N4O3/c25-17(14-24-10-4-9-21-19(24)27)23-11-7-20(8-12-23)13-16(18(26)22-20)15-5-2-1-3-6-15/h1-6,9-10,16H,7-8,11-14H2,(H,22,26). The van der Waals surface area contributed by atoms with E-state index in [1.165, 1.54) is 10.8 Å². The second-order valence-electron chi connectivity index (χ2n) is 7.35. The van der Waals surface area contributed by atoms with Crippen molar-refractivity contribution in [3.8, 4) is 0 Å². The van der Waals surface area contributed by atoms with E-state index in [1.54, 1.807) is 17.2 Å². The second kappa shape index (κ2) is 6.98. The average Bonchev–Trinajstić information content (AvgIpc) is 3.00. The molecular weight excluding hydrogens is 344 g/mol. The Hall–Kier alpha value is -2.96. The molecule has 7 nitrogen and oxygen atoms in total. The van der Waals surface area contributed by atoms with Gasteiger partial charge in [-0.2, -0.15) is 0 Å². The fourth-order valence-corrected chi connectivity index (χ4v) is 4.10. The van der Waals surface area contributed by atoms with Gasteiger partial charge in [-0.3, -0.25) is 14.2 Å². The van der Waals surface area contributed by atoms with Crippen LogP contribution in [0.1, 0.15) is 30.7 Å². The number of carbonyl (C=O) groups is 2. The highest BCUT2D eigenvalue weighted by atomic mass is 16.2. The van der Waals surface area contributed by atoms with Crippen LogP contribution in [0.3, 0.4) is 0 Å². The molecule has 0 aliphatic carbocycles. The molecule has 2 aliphatic heterocycles. The maximum atomic E-state index is 12.5. The summed E-state index contributed by atoms with van der Waals surface area (Å²) >= 11 is 0. The lowest BCUT2D eigenvalue weighted by Crippen LogP contribution is -2.52. The molecule has 2 amide bonds. The fraction of sp³-hybridized carbons (Fsp3) is 0.400. The van der Waals surface area contributed by atoms with E-state index in [0.29, 0.717) is 13.1 Å². The third-order valence-electron chi connectivity index (χ3n) is 5.66. The molecule has 140 valence electrons. The molecule has 2 saturated heterocycles. The first-order valence-corrected chi connectivity index (χ1v) is 9.23. The molecule has 1 aromatic heterocycles. The summed E-state index contributed by atoms with van der Waals surface area (Å²) in [6.07, 6.45) is 5.21. The third-order valence-corrected chi connectivity index (χ3v) is 5.66. The summed E-state index contributed by atoms with van der Waals surface area (Å²) in [5.74, 6) is -0.144. The van der Waals surface area contributed by atoms with Crippen LogP contribution in [-0.4, -0.2) is 44.9 Å². The number of likely N-dealkylation sites (tertiary alicyclic amines) is 1. The zero-order valence-corrected chi connectivity index (χ0v) is 15.0. The van der Waals surface area contributed by atoms with Crippen molar-refractivity contribution in [2.75, 3.05) is 13.1 Å². The minimum atomic E-state index is -0.423. The van der Waals surface area contributed by atoms with E-state index in [2.05, 4.69) is 10.3 Å². The number of rotatable bonds is 3. The van der Waals surface area contributed by atoms with Crippen LogP contribution in [0.5, 0.6) is 0 Å². The number of amides is 2.